The summed E-state index contributed by atoms with van der Waals surface area (Å²) >= 11 is 0. The van der Waals surface area contributed by atoms with E-state index in [9.17, 15) is 22.8 Å². The van der Waals surface area contributed by atoms with Crippen LogP contribution < -0.4 is 5.32 Å². The van der Waals surface area contributed by atoms with Crippen LogP contribution in [0, 0.1) is 19.7 Å². The van der Waals surface area contributed by atoms with E-state index in [-0.39, 0.29) is 27.8 Å². The third-order valence-corrected chi connectivity index (χ3v) is 5.58. The first-order valence-electron chi connectivity index (χ1n) is 10.6. The summed E-state index contributed by atoms with van der Waals surface area (Å²) in [4.78, 5) is 29.2. The molecule has 35 heavy (non-hydrogen) atoms. The van der Waals surface area contributed by atoms with Gasteiger partial charge in [-0.2, -0.15) is 5.10 Å². The summed E-state index contributed by atoms with van der Waals surface area (Å²) in [5.41, 5.74) is 2.04. The molecule has 0 bridgehead atoms. The molecule has 0 aliphatic heterocycles. The number of ether oxygens (including phenoxy) is 1. The SMILES string of the molecule is COC(=O)c1ccc2nc(C(F)F)cc(C(=O)Nc3c(C)nn(Cc4ccc(F)cc4)c3C)c2c1. The Labute approximate surface area is 198 Å². The van der Waals surface area contributed by atoms with Gasteiger partial charge in [-0.1, -0.05) is 12.1 Å². The number of nitrogens with zero attached hydrogens (tertiary/aromatic N) is 3. The van der Waals surface area contributed by atoms with E-state index in [4.69, 9.17) is 4.74 Å². The predicted molar refractivity (Wildman–Crippen MR) is 123 cm³/mol. The summed E-state index contributed by atoms with van der Waals surface area (Å²) in [5.74, 6) is -1.64. The molecule has 0 atom stereocenters. The van der Waals surface area contributed by atoms with Crippen LogP contribution in [-0.4, -0.2) is 33.8 Å². The highest BCUT2D eigenvalue weighted by molar-refractivity contribution is 6.13. The van der Waals surface area contributed by atoms with Crippen LogP contribution >= 0.6 is 0 Å². The van der Waals surface area contributed by atoms with Gasteiger partial charge in [0.15, 0.2) is 0 Å². The number of halogens is 3. The number of fused-ring (bicyclic) bond motifs is 1. The summed E-state index contributed by atoms with van der Waals surface area (Å²) in [7, 11) is 1.22. The topological polar surface area (TPSA) is 86.1 Å². The molecule has 10 heteroatoms. The molecule has 0 radical (unpaired) electrons. The Hall–Kier alpha value is -4.21. The second-order valence-corrected chi connectivity index (χ2v) is 7.90. The minimum atomic E-state index is -2.90. The van der Waals surface area contributed by atoms with Gasteiger partial charge in [-0.25, -0.2) is 22.9 Å². The zero-order chi connectivity index (χ0) is 25.3. The van der Waals surface area contributed by atoms with Crippen molar-refractivity contribution in [2.45, 2.75) is 26.8 Å². The first-order chi connectivity index (χ1) is 16.7. The Morgan fingerprint density at radius 1 is 1.09 bits per heavy atom. The smallest absolute Gasteiger partial charge is 0.337 e. The number of rotatable bonds is 6. The number of nitrogens with one attached hydrogen (secondary N) is 1. The highest BCUT2D eigenvalue weighted by Crippen LogP contribution is 2.28. The van der Waals surface area contributed by atoms with E-state index in [0.29, 0.717) is 23.6 Å². The quantitative estimate of drug-likeness (QED) is 0.381. The van der Waals surface area contributed by atoms with Crippen LogP contribution in [0.15, 0.2) is 48.5 Å². The van der Waals surface area contributed by atoms with Crippen molar-refractivity contribution >= 4 is 28.5 Å². The van der Waals surface area contributed by atoms with Crippen LogP contribution in [0.5, 0.6) is 0 Å². The Balaban J connectivity index is 1.71. The summed E-state index contributed by atoms with van der Waals surface area (Å²) in [6, 6.07) is 11.2. The molecule has 0 fully saturated rings. The molecule has 0 aliphatic carbocycles. The lowest BCUT2D eigenvalue weighted by Gasteiger charge is -2.12. The van der Waals surface area contributed by atoms with E-state index >= 15 is 0 Å². The lowest BCUT2D eigenvalue weighted by molar-refractivity contribution is 0.0600. The zero-order valence-electron chi connectivity index (χ0n) is 19.1. The molecule has 4 aromatic rings. The van der Waals surface area contributed by atoms with Gasteiger partial charge in [0.25, 0.3) is 12.3 Å². The van der Waals surface area contributed by atoms with Gasteiger partial charge in [0.05, 0.1) is 47.4 Å². The number of carbonyl (C=O) groups is 2. The lowest BCUT2D eigenvalue weighted by Crippen LogP contribution is -2.15. The second kappa shape index (κ2) is 9.57. The van der Waals surface area contributed by atoms with Crippen molar-refractivity contribution in [1.82, 2.24) is 14.8 Å². The fourth-order valence-corrected chi connectivity index (χ4v) is 3.77. The lowest BCUT2D eigenvalue weighted by atomic mass is 10.0. The molecule has 2 heterocycles. The average molecular weight is 482 g/mol. The molecular formula is C25H21F3N4O3. The van der Waals surface area contributed by atoms with Crippen LogP contribution in [0.4, 0.5) is 18.9 Å². The highest BCUT2D eigenvalue weighted by atomic mass is 19.3. The number of hydrogen-bond acceptors (Lipinski definition) is 5. The summed E-state index contributed by atoms with van der Waals surface area (Å²) in [5, 5.41) is 7.43. The van der Waals surface area contributed by atoms with E-state index < -0.39 is 24.0 Å². The number of anilines is 1. The molecule has 180 valence electrons. The number of esters is 1. The fraction of sp³-hybridized carbons (Fsp3) is 0.200. The third kappa shape index (κ3) is 4.86. The minimum absolute atomic E-state index is 0.0684. The van der Waals surface area contributed by atoms with Crippen molar-refractivity contribution in [2.75, 3.05) is 12.4 Å². The van der Waals surface area contributed by atoms with Crippen LogP contribution in [0.25, 0.3) is 10.9 Å². The molecule has 2 aromatic carbocycles. The van der Waals surface area contributed by atoms with Gasteiger partial charge in [0.2, 0.25) is 0 Å². The van der Waals surface area contributed by atoms with Crippen molar-refractivity contribution < 1.29 is 27.5 Å². The van der Waals surface area contributed by atoms with Gasteiger partial charge < -0.3 is 10.1 Å². The fourth-order valence-electron chi connectivity index (χ4n) is 3.77. The predicted octanol–water partition coefficient (Wildman–Crippen LogP) is 5.21. The molecule has 0 spiro atoms. The molecule has 1 amide bonds. The van der Waals surface area contributed by atoms with Crippen molar-refractivity contribution in [3.05, 3.63) is 88.1 Å². The maximum atomic E-state index is 13.5. The normalized spacial score (nSPS) is 11.2. The molecule has 0 unspecified atom stereocenters. The average Bonchev–Trinajstić information content (AvgIpc) is 3.10. The number of methoxy groups -OCH3 is 1. The number of aromatic nitrogens is 3. The monoisotopic (exact) mass is 482 g/mol. The van der Waals surface area contributed by atoms with Crippen LogP contribution in [0.2, 0.25) is 0 Å². The largest absolute Gasteiger partial charge is 0.465 e. The van der Waals surface area contributed by atoms with E-state index in [1.165, 1.54) is 37.4 Å². The Kier molecular flexibility index (Phi) is 6.54. The van der Waals surface area contributed by atoms with Gasteiger partial charge in [-0.15, -0.1) is 0 Å². The molecule has 1 N–H and O–H groups in total. The minimum Gasteiger partial charge on any atom is -0.465 e. The molecule has 7 nitrogen and oxygen atoms in total. The summed E-state index contributed by atoms with van der Waals surface area (Å²) < 4.78 is 46.6. The van der Waals surface area contributed by atoms with E-state index in [2.05, 4.69) is 15.4 Å². The van der Waals surface area contributed by atoms with Gasteiger partial charge in [0.1, 0.15) is 11.5 Å². The number of pyridine rings is 1. The maximum absolute atomic E-state index is 13.5. The van der Waals surface area contributed by atoms with Gasteiger partial charge >= 0.3 is 5.97 Å². The van der Waals surface area contributed by atoms with Crippen LogP contribution in [-0.2, 0) is 11.3 Å². The van der Waals surface area contributed by atoms with Crippen molar-refractivity contribution in [1.29, 1.82) is 0 Å². The zero-order valence-corrected chi connectivity index (χ0v) is 19.1. The van der Waals surface area contributed by atoms with E-state index in [1.807, 2.05) is 0 Å². The van der Waals surface area contributed by atoms with Crippen molar-refractivity contribution in [3.8, 4) is 0 Å². The molecule has 2 aromatic heterocycles. The van der Waals surface area contributed by atoms with Gasteiger partial charge in [-0.3, -0.25) is 9.48 Å². The Morgan fingerprint density at radius 2 is 1.80 bits per heavy atom. The first kappa shape index (κ1) is 23.9. The van der Waals surface area contributed by atoms with Crippen molar-refractivity contribution in [2.24, 2.45) is 0 Å². The second-order valence-electron chi connectivity index (χ2n) is 7.90. The number of alkyl halides is 2. The highest BCUT2D eigenvalue weighted by Gasteiger charge is 2.21. The maximum Gasteiger partial charge on any atom is 0.337 e. The Morgan fingerprint density at radius 3 is 2.46 bits per heavy atom. The summed E-state index contributed by atoms with van der Waals surface area (Å²) in [6.45, 7) is 3.80. The van der Waals surface area contributed by atoms with E-state index in [1.54, 1.807) is 30.7 Å². The van der Waals surface area contributed by atoms with Crippen LogP contribution in [0.1, 0.15) is 49.8 Å². The van der Waals surface area contributed by atoms with Gasteiger partial charge in [-0.05, 0) is 55.8 Å². The molecule has 0 saturated heterocycles. The van der Waals surface area contributed by atoms with E-state index in [0.717, 1.165) is 11.6 Å². The van der Waals surface area contributed by atoms with Crippen LogP contribution in [0.3, 0.4) is 0 Å². The number of carbonyl (C=O) groups excluding carboxylic acids is 2. The number of amides is 1. The molecule has 4 rings (SSSR count). The van der Waals surface area contributed by atoms with Gasteiger partial charge in [0, 0.05) is 5.39 Å². The third-order valence-electron chi connectivity index (χ3n) is 5.58. The molecule has 0 saturated carbocycles. The Bertz CT molecular complexity index is 1430. The summed E-state index contributed by atoms with van der Waals surface area (Å²) in [6.07, 6.45) is -2.90. The number of hydrogen-bond donors (Lipinski definition) is 1. The molecular weight excluding hydrogens is 461 g/mol. The number of benzene rings is 2. The first-order valence-corrected chi connectivity index (χ1v) is 10.6. The molecule has 0 aliphatic rings. The standard InChI is InChI=1S/C25H21F3N4O3/c1-13-22(14(2)32(31-13)12-15-4-7-17(26)8-5-15)30-24(33)19-11-21(23(27)28)29-20-9-6-16(10-18(19)20)25(34)35-3/h4-11,23H,12H2,1-3H3,(H,30,33). The van der Waals surface area contributed by atoms with Crippen molar-refractivity contribution in [3.63, 3.8) is 0 Å². The number of aryl methyl sites for hydroxylation is 1.